The van der Waals surface area contributed by atoms with E-state index in [1.165, 1.54) is 0 Å². The molecular weight excluding hydrogens is 352 g/mol. The van der Waals surface area contributed by atoms with E-state index in [-0.39, 0.29) is 5.78 Å². The average Bonchev–Trinajstić information content (AvgIpc) is 3.00. The van der Waals surface area contributed by atoms with Gasteiger partial charge < -0.3 is 15.5 Å². The van der Waals surface area contributed by atoms with E-state index in [0.717, 1.165) is 54.5 Å². The van der Waals surface area contributed by atoms with E-state index in [1.54, 1.807) is 6.08 Å². The Morgan fingerprint density at radius 2 is 2.00 bits per heavy atom. The van der Waals surface area contributed by atoms with Crippen LogP contribution in [-0.2, 0) is 4.79 Å². The molecule has 1 aliphatic carbocycles. The first-order chi connectivity index (χ1) is 13.5. The number of fused-ring (bicyclic) bond motifs is 1. The van der Waals surface area contributed by atoms with Crippen LogP contribution >= 0.6 is 0 Å². The summed E-state index contributed by atoms with van der Waals surface area (Å²) in [6, 6.07) is 5.91. The summed E-state index contributed by atoms with van der Waals surface area (Å²) in [6.45, 7) is 6.35. The lowest BCUT2D eigenvalue weighted by molar-refractivity contribution is -0.111. The molecule has 28 heavy (non-hydrogen) atoms. The van der Waals surface area contributed by atoms with E-state index in [2.05, 4.69) is 27.6 Å². The average molecular weight is 380 g/mol. The summed E-state index contributed by atoms with van der Waals surface area (Å²) in [5.74, 6) is 0.750. The number of carbonyl (C=O) groups excluding carboxylic acids is 1. The maximum atomic E-state index is 12.1. The predicted octanol–water partition coefficient (Wildman–Crippen LogP) is 2.79. The molecule has 0 saturated heterocycles. The molecule has 0 amide bonds. The summed E-state index contributed by atoms with van der Waals surface area (Å²) >= 11 is 0. The molecule has 2 aromatic heterocycles. The molecule has 0 atom stereocenters. The minimum atomic E-state index is 0.0155. The van der Waals surface area contributed by atoms with E-state index >= 15 is 0 Å². The van der Waals surface area contributed by atoms with Crippen LogP contribution < -0.4 is 10.6 Å². The molecule has 1 aliphatic rings. The van der Waals surface area contributed by atoms with Gasteiger partial charge in [0.2, 0.25) is 0 Å². The zero-order valence-corrected chi connectivity index (χ0v) is 17.0. The number of hydrogen-bond donors (Lipinski definition) is 2. The molecule has 0 unspecified atom stereocenters. The molecule has 0 fully saturated rings. The molecule has 148 valence electrons. The number of aliphatic imine (C=N–C) groups is 1. The second-order valence-corrected chi connectivity index (χ2v) is 7.13. The number of hydrogen-bond acceptors (Lipinski definition) is 6. The van der Waals surface area contributed by atoms with Gasteiger partial charge in [0.25, 0.3) is 0 Å². The molecule has 0 aliphatic heterocycles. The second kappa shape index (κ2) is 8.84. The molecule has 0 aromatic carbocycles. The fraction of sp³-hybridized carbons (Fsp3) is 0.381. The number of anilines is 1. The molecule has 0 bridgehead atoms. The standard InChI is InChI=1S/C21H28N6O/c1-5-9-22-16-14-19(28)15(2)13-17(16)24-20-18-8-6-7-11-27(18)25-21(20)23-10-12-26(3)4/h6-8,11,13-14,22H,5,9-10,12H2,1-4H3,(H,23,25). The number of aromatic nitrogens is 2. The Kier molecular flexibility index (Phi) is 6.26. The highest BCUT2D eigenvalue weighted by molar-refractivity contribution is 6.22. The largest absolute Gasteiger partial charge is 0.383 e. The van der Waals surface area contributed by atoms with Gasteiger partial charge in [0.1, 0.15) is 5.69 Å². The van der Waals surface area contributed by atoms with E-state index < -0.39 is 0 Å². The van der Waals surface area contributed by atoms with Crippen molar-refractivity contribution in [3.05, 3.63) is 47.8 Å². The monoisotopic (exact) mass is 380 g/mol. The van der Waals surface area contributed by atoms with Crippen molar-refractivity contribution >= 4 is 28.5 Å². The van der Waals surface area contributed by atoms with Gasteiger partial charge >= 0.3 is 0 Å². The van der Waals surface area contributed by atoms with Crippen molar-refractivity contribution in [1.82, 2.24) is 19.8 Å². The highest BCUT2D eigenvalue weighted by atomic mass is 16.1. The quantitative estimate of drug-likeness (QED) is 0.689. The maximum absolute atomic E-state index is 12.1. The highest BCUT2D eigenvalue weighted by Crippen LogP contribution is 2.31. The van der Waals surface area contributed by atoms with Crippen LogP contribution in [0.5, 0.6) is 0 Å². The van der Waals surface area contributed by atoms with Gasteiger partial charge in [-0.25, -0.2) is 9.51 Å². The van der Waals surface area contributed by atoms with E-state index in [9.17, 15) is 4.79 Å². The van der Waals surface area contributed by atoms with Gasteiger partial charge in [0.15, 0.2) is 11.6 Å². The number of nitrogens with zero attached hydrogens (tertiary/aromatic N) is 4. The lowest BCUT2D eigenvalue weighted by Gasteiger charge is -2.15. The topological polar surface area (TPSA) is 74.0 Å². The predicted molar refractivity (Wildman–Crippen MR) is 114 cm³/mol. The minimum Gasteiger partial charge on any atom is -0.383 e. The molecule has 2 N–H and O–H groups in total. The highest BCUT2D eigenvalue weighted by Gasteiger charge is 2.18. The van der Waals surface area contributed by atoms with Crippen molar-refractivity contribution in [2.24, 2.45) is 4.99 Å². The van der Waals surface area contributed by atoms with Crippen LogP contribution in [0.4, 0.5) is 11.5 Å². The van der Waals surface area contributed by atoms with Crippen LogP contribution in [0.2, 0.25) is 0 Å². The summed E-state index contributed by atoms with van der Waals surface area (Å²) in [4.78, 5) is 19.2. The van der Waals surface area contributed by atoms with E-state index in [0.29, 0.717) is 5.57 Å². The molecule has 0 spiro atoms. The summed E-state index contributed by atoms with van der Waals surface area (Å²) in [5, 5.41) is 11.4. The number of likely N-dealkylation sites (N-methyl/N-ethyl adjacent to an activating group) is 1. The molecular formula is C21H28N6O. The first-order valence-electron chi connectivity index (χ1n) is 9.62. The van der Waals surface area contributed by atoms with Gasteiger partial charge in [-0.15, -0.1) is 5.10 Å². The van der Waals surface area contributed by atoms with E-state index in [4.69, 9.17) is 4.99 Å². The summed E-state index contributed by atoms with van der Waals surface area (Å²) in [5.41, 5.74) is 3.88. The van der Waals surface area contributed by atoms with Crippen LogP contribution in [0.3, 0.4) is 0 Å². The zero-order chi connectivity index (χ0) is 20.1. The third kappa shape index (κ3) is 4.48. The van der Waals surface area contributed by atoms with E-state index in [1.807, 2.05) is 56.0 Å². The zero-order valence-electron chi connectivity index (χ0n) is 17.0. The molecule has 3 rings (SSSR count). The van der Waals surface area contributed by atoms with Crippen LogP contribution in [0, 0.1) is 0 Å². The van der Waals surface area contributed by atoms with Crippen molar-refractivity contribution in [1.29, 1.82) is 0 Å². The Hall–Kier alpha value is -2.93. The van der Waals surface area contributed by atoms with Crippen LogP contribution in [0.15, 0.2) is 52.8 Å². The Labute approximate surface area is 165 Å². The normalized spacial score (nSPS) is 15.9. The van der Waals surface area contributed by atoms with Crippen LogP contribution in [-0.4, -0.2) is 59.7 Å². The third-order valence-electron chi connectivity index (χ3n) is 4.46. The van der Waals surface area contributed by atoms with Crippen molar-refractivity contribution in [2.45, 2.75) is 20.3 Å². The van der Waals surface area contributed by atoms with Gasteiger partial charge in [-0.05, 0) is 51.2 Å². The number of rotatable bonds is 8. The molecule has 2 heterocycles. The number of pyridine rings is 1. The third-order valence-corrected chi connectivity index (χ3v) is 4.46. The van der Waals surface area contributed by atoms with Gasteiger partial charge in [0.05, 0.1) is 16.9 Å². The summed E-state index contributed by atoms with van der Waals surface area (Å²) in [7, 11) is 4.07. The molecule has 2 aromatic rings. The number of ketones is 1. The fourth-order valence-electron chi connectivity index (χ4n) is 2.90. The SMILES string of the molecule is CCCNC1=CC(=O)C(C)=CC1=Nc1c(NCCN(C)C)nn2ccccc12. The Balaban J connectivity index is 2.02. The van der Waals surface area contributed by atoms with Crippen molar-refractivity contribution < 1.29 is 4.79 Å². The molecule has 0 saturated carbocycles. The molecule has 7 heteroatoms. The lowest BCUT2D eigenvalue weighted by Crippen LogP contribution is -2.24. The van der Waals surface area contributed by atoms with Gasteiger partial charge in [-0.3, -0.25) is 4.79 Å². The Bertz CT molecular complexity index is 951. The lowest BCUT2D eigenvalue weighted by atomic mass is 10.0. The van der Waals surface area contributed by atoms with Crippen molar-refractivity contribution in [3.8, 4) is 0 Å². The number of carbonyl (C=O) groups is 1. The fourth-order valence-corrected chi connectivity index (χ4v) is 2.90. The number of allylic oxidation sites excluding steroid dienone is 3. The molecule has 7 nitrogen and oxygen atoms in total. The van der Waals surface area contributed by atoms with Crippen molar-refractivity contribution in [2.75, 3.05) is 39.0 Å². The molecule has 0 radical (unpaired) electrons. The maximum Gasteiger partial charge on any atom is 0.183 e. The van der Waals surface area contributed by atoms with Gasteiger partial charge in [-0.2, -0.15) is 0 Å². The van der Waals surface area contributed by atoms with Crippen LogP contribution in [0.1, 0.15) is 20.3 Å². The summed E-state index contributed by atoms with van der Waals surface area (Å²) < 4.78 is 1.82. The smallest absolute Gasteiger partial charge is 0.183 e. The number of nitrogens with one attached hydrogen (secondary N) is 2. The second-order valence-electron chi connectivity index (χ2n) is 7.13. The van der Waals surface area contributed by atoms with Gasteiger partial charge in [0, 0.05) is 31.9 Å². The minimum absolute atomic E-state index is 0.0155. The van der Waals surface area contributed by atoms with Crippen LogP contribution in [0.25, 0.3) is 5.52 Å². The van der Waals surface area contributed by atoms with Crippen molar-refractivity contribution in [3.63, 3.8) is 0 Å². The Morgan fingerprint density at radius 1 is 1.18 bits per heavy atom. The summed E-state index contributed by atoms with van der Waals surface area (Å²) in [6.07, 6.45) is 6.36. The van der Waals surface area contributed by atoms with Gasteiger partial charge in [-0.1, -0.05) is 13.0 Å². The first-order valence-corrected chi connectivity index (χ1v) is 9.62. The first kappa shape index (κ1) is 19.8. The Morgan fingerprint density at radius 3 is 2.75 bits per heavy atom.